The predicted octanol–water partition coefficient (Wildman–Crippen LogP) is 2.91. The lowest BCUT2D eigenvalue weighted by Crippen LogP contribution is -2.41. The minimum atomic E-state index is 0.334. The molecule has 1 aliphatic heterocycles. The lowest BCUT2D eigenvalue weighted by Gasteiger charge is -2.35. The maximum Gasteiger partial charge on any atom is 0.147 e. The molecule has 2 heterocycles. The van der Waals surface area contributed by atoms with Gasteiger partial charge in [0.05, 0.1) is 6.54 Å². The third-order valence-electron chi connectivity index (χ3n) is 4.83. The number of benzene rings is 1. The van der Waals surface area contributed by atoms with Gasteiger partial charge in [0.25, 0.3) is 0 Å². The Morgan fingerprint density at radius 3 is 2.70 bits per heavy atom. The Bertz CT molecular complexity index is 635. The van der Waals surface area contributed by atoms with Crippen molar-refractivity contribution in [2.24, 2.45) is 0 Å². The molecule has 1 atom stereocenters. The van der Waals surface area contributed by atoms with Gasteiger partial charge in [0.1, 0.15) is 17.4 Å². The molecule has 0 bridgehead atoms. The zero-order valence-corrected chi connectivity index (χ0v) is 14.1. The Kier molecular flexibility index (Phi) is 4.96. The van der Waals surface area contributed by atoms with Crippen molar-refractivity contribution >= 4 is 0 Å². The van der Waals surface area contributed by atoms with Gasteiger partial charge in [-0.2, -0.15) is 0 Å². The average Bonchev–Trinajstić information content (AvgIpc) is 2.91. The van der Waals surface area contributed by atoms with Gasteiger partial charge in [-0.3, -0.25) is 4.90 Å². The van der Waals surface area contributed by atoms with E-state index in [1.807, 2.05) is 19.1 Å². The first kappa shape index (κ1) is 16.0. The van der Waals surface area contributed by atoms with E-state index in [4.69, 9.17) is 0 Å². The Morgan fingerprint density at radius 2 is 1.96 bits per heavy atom. The highest BCUT2D eigenvalue weighted by atomic mass is 16.3. The Balaban J connectivity index is 1.72. The molecule has 1 aromatic heterocycles. The van der Waals surface area contributed by atoms with E-state index < -0.39 is 0 Å². The van der Waals surface area contributed by atoms with E-state index in [1.54, 1.807) is 12.1 Å². The van der Waals surface area contributed by atoms with Crippen LogP contribution >= 0.6 is 0 Å². The third-order valence-corrected chi connectivity index (χ3v) is 4.83. The summed E-state index contributed by atoms with van der Waals surface area (Å²) in [7, 11) is 0. The van der Waals surface area contributed by atoms with Crippen LogP contribution in [0.2, 0.25) is 0 Å². The zero-order chi connectivity index (χ0) is 16.2. The molecule has 1 aliphatic rings. The fraction of sp³-hybridized carbons (Fsp3) is 0.556. The number of nitrogens with zero attached hydrogens (tertiary/aromatic N) is 4. The van der Waals surface area contributed by atoms with Gasteiger partial charge in [-0.1, -0.05) is 18.6 Å². The highest BCUT2D eigenvalue weighted by Gasteiger charge is 2.24. The molecule has 124 valence electrons. The summed E-state index contributed by atoms with van der Waals surface area (Å²) >= 11 is 0. The zero-order valence-electron chi connectivity index (χ0n) is 14.1. The summed E-state index contributed by atoms with van der Waals surface area (Å²) in [5, 5.41) is 18.0. The Labute approximate surface area is 138 Å². The summed E-state index contributed by atoms with van der Waals surface area (Å²) in [4.78, 5) is 2.55. The van der Waals surface area contributed by atoms with Crippen LogP contribution in [-0.2, 0) is 19.5 Å². The number of aryl methyl sites for hydroxylation is 1. The van der Waals surface area contributed by atoms with Crippen LogP contribution in [0.25, 0.3) is 0 Å². The van der Waals surface area contributed by atoms with E-state index in [2.05, 4.69) is 26.6 Å². The molecular formula is C18H26N4O. The van der Waals surface area contributed by atoms with E-state index in [-0.39, 0.29) is 0 Å². The highest BCUT2D eigenvalue weighted by molar-refractivity contribution is 5.26. The van der Waals surface area contributed by atoms with Gasteiger partial charge in [-0.15, -0.1) is 10.2 Å². The Morgan fingerprint density at radius 1 is 1.17 bits per heavy atom. The second kappa shape index (κ2) is 7.13. The topological polar surface area (TPSA) is 54.2 Å². The van der Waals surface area contributed by atoms with Crippen LogP contribution in [-0.4, -0.2) is 37.4 Å². The van der Waals surface area contributed by atoms with Crippen molar-refractivity contribution in [3.8, 4) is 5.75 Å². The molecule has 1 fully saturated rings. The first-order chi connectivity index (χ1) is 11.2. The maximum absolute atomic E-state index is 9.44. The number of phenolic OH excluding ortho intramolecular Hbond substituents is 1. The molecule has 0 aliphatic carbocycles. The van der Waals surface area contributed by atoms with Crippen molar-refractivity contribution in [1.82, 2.24) is 19.7 Å². The maximum atomic E-state index is 9.44. The summed E-state index contributed by atoms with van der Waals surface area (Å²) in [5.41, 5.74) is 1.29. The van der Waals surface area contributed by atoms with Crippen LogP contribution in [0.3, 0.4) is 0 Å². The number of aromatic hydroxyl groups is 1. The van der Waals surface area contributed by atoms with E-state index in [0.717, 1.165) is 37.7 Å². The summed E-state index contributed by atoms with van der Waals surface area (Å²) in [6.45, 7) is 7.08. The number of likely N-dealkylation sites (tertiary alicyclic amines) is 1. The molecule has 1 N–H and O–H groups in total. The summed E-state index contributed by atoms with van der Waals surface area (Å²) in [5.74, 6) is 2.40. The fourth-order valence-electron chi connectivity index (χ4n) is 3.54. The van der Waals surface area contributed by atoms with Crippen molar-refractivity contribution in [3.05, 3.63) is 41.5 Å². The van der Waals surface area contributed by atoms with Crippen LogP contribution < -0.4 is 0 Å². The van der Waals surface area contributed by atoms with Crippen molar-refractivity contribution in [2.75, 3.05) is 6.54 Å². The third kappa shape index (κ3) is 3.72. The van der Waals surface area contributed by atoms with Crippen LogP contribution in [0.5, 0.6) is 5.75 Å². The van der Waals surface area contributed by atoms with E-state index in [9.17, 15) is 5.11 Å². The monoisotopic (exact) mass is 314 g/mol. The van der Waals surface area contributed by atoms with Gasteiger partial charge in [-0.25, -0.2) is 0 Å². The molecule has 1 saturated heterocycles. The molecule has 1 aromatic carbocycles. The quantitative estimate of drug-likeness (QED) is 0.922. The first-order valence-electron chi connectivity index (χ1n) is 8.58. The number of piperidine rings is 1. The lowest BCUT2D eigenvalue weighted by atomic mass is 9.95. The predicted molar refractivity (Wildman–Crippen MR) is 90.3 cm³/mol. The second-order valence-corrected chi connectivity index (χ2v) is 6.40. The van der Waals surface area contributed by atoms with Crippen molar-refractivity contribution < 1.29 is 5.11 Å². The molecule has 5 nitrogen and oxygen atoms in total. The molecule has 2 aromatic rings. The summed E-state index contributed by atoms with van der Waals surface area (Å²) in [6.07, 6.45) is 4.80. The van der Waals surface area contributed by atoms with E-state index >= 15 is 0 Å². The van der Waals surface area contributed by atoms with Gasteiger partial charge >= 0.3 is 0 Å². The lowest BCUT2D eigenvalue weighted by molar-refractivity contribution is 0.134. The number of rotatable bonds is 5. The SMILES string of the molecule is CCn1c(C)nnc1CN1CCCCC1Cc1ccc(O)cc1. The van der Waals surface area contributed by atoms with Crippen molar-refractivity contribution in [1.29, 1.82) is 0 Å². The van der Waals surface area contributed by atoms with Crippen LogP contribution in [0.4, 0.5) is 0 Å². The fourth-order valence-corrected chi connectivity index (χ4v) is 3.54. The minimum Gasteiger partial charge on any atom is -0.508 e. The average molecular weight is 314 g/mol. The van der Waals surface area contributed by atoms with Crippen LogP contribution in [0, 0.1) is 6.92 Å². The van der Waals surface area contributed by atoms with Gasteiger partial charge in [0.2, 0.25) is 0 Å². The molecular weight excluding hydrogens is 288 g/mol. The van der Waals surface area contributed by atoms with Gasteiger partial charge in [0, 0.05) is 12.6 Å². The normalized spacial score (nSPS) is 19.1. The smallest absolute Gasteiger partial charge is 0.147 e. The number of hydrogen-bond donors (Lipinski definition) is 1. The second-order valence-electron chi connectivity index (χ2n) is 6.40. The molecule has 5 heteroatoms. The standard InChI is InChI=1S/C18H26N4O/c1-3-22-14(2)19-20-18(22)13-21-11-5-4-6-16(21)12-15-7-9-17(23)10-8-15/h7-10,16,23H,3-6,11-13H2,1-2H3. The largest absolute Gasteiger partial charge is 0.508 e. The Hall–Kier alpha value is -1.88. The molecule has 1 unspecified atom stereocenters. The van der Waals surface area contributed by atoms with Crippen molar-refractivity contribution in [2.45, 2.75) is 58.7 Å². The molecule has 0 saturated carbocycles. The van der Waals surface area contributed by atoms with Crippen LogP contribution in [0.1, 0.15) is 43.4 Å². The molecule has 0 radical (unpaired) electrons. The summed E-state index contributed by atoms with van der Waals surface area (Å²) in [6, 6.07) is 8.15. The highest BCUT2D eigenvalue weighted by Crippen LogP contribution is 2.23. The molecule has 0 spiro atoms. The number of aromatic nitrogens is 3. The number of phenols is 1. The van der Waals surface area contributed by atoms with Gasteiger partial charge < -0.3 is 9.67 Å². The van der Waals surface area contributed by atoms with Crippen molar-refractivity contribution in [3.63, 3.8) is 0 Å². The van der Waals surface area contributed by atoms with Gasteiger partial charge in [-0.05, 0) is 57.4 Å². The summed E-state index contributed by atoms with van der Waals surface area (Å²) < 4.78 is 2.20. The first-order valence-corrected chi connectivity index (χ1v) is 8.58. The van der Waals surface area contributed by atoms with Crippen LogP contribution in [0.15, 0.2) is 24.3 Å². The van der Waals surface area contributed by atoms with E-state index in [0.29, 0.717) is 11.8 Å². The molecule has 3 rings (SSSR count). The molecule has 0 amide bonds. The minimum absolute atomic E-state index is 0.334. The number of hydrogen-bond acceptors (Lipinski definition) is 4. The van der Waals surface area contributed by atoms with E-state index in [1.165, 1.54) is 24.8 Å². The van der Waals surface area contributed by atoms with Gasteiger partial charge in [0.15, 0.2) is 0 Å². The molecule has 23 heavy (non-hydrogen) atoms.